The Morgan fingerprint density at radius 3 is 2.41 bits per heavy atom. The van der Waals surface area contributed by atoms with E-state index in [0.29, 0.717) is 30.3 Å². The van der Waals surface area contributed by atoms with Crippen LogP contribution in [0.3, 0.4) is 0 Å². The molecule has 0 saturated carbocycles. The molecule has 190 valence electrons. The van der Waals surface area contributed by atoms with E-state index >= 15 is 0 Å². The van der Waals surface area contributed by atoms with Gasteiger partial charge in [-0.15, -0.1) is 0 Å². The van der Waals surface area contributed by atoms with Crippen LogP contribution in [0.2, 0.25) is 0 Å². The van der Waals surface area contributed by atoms with Crippen LogP contribution in [0.15, 0.2) is 75.6 Å². The van der Waals surface area contributed by atoms with Crippen LogP contribution in [0.5, 0.6) is 5.75 Å². The molecule has 0 bridgehead atoms. The predicted octanol–water partition coefficient (Wildman–Crippen LogP) is 5.79. The molecular formula is C29H28BrN3O4. The molecule has 7 nitrogen and oxygen atoms in total. The number of benzene rings is 3. The lowest BCUT2D eigenvalue weighted by atomic mass is 10.1. The fraction of sp³-hybridized carbons (Fsp3) is 0.241. The van der Waals surface area contributed by atoms with Gasteiger partial charge in [0, 0.05) is 42.9 Å². The number of amides is 2. The summed E-state index contributed by atoms with van der Waals surface area (Å²) < 4.78 is 12.3. The number of nitrogens with zero attached hydrogens (tertiary/aromatic N) is 2. The Balaban J connectivity index is 1.12. The first kappa shape index (κ1) is 24.9. The second kappa shape index (κ2) is 10.7. The fourth-order valence-corrected chi connectivity index (χ4v) is 5.37. The Morgan fingerprint density at radius 2 is 1.70 bits per heavy atom. The monoisotopic (exact) mass is 561 g/mol. The molecule has 1 saturated heterocycles. The quantitative estimate of drug-likeness (QED) is 0.322. The lowest BCUT2D eigenvalue weighted by molar-refractivity contribution is -0.118. The molecule has 1 aromatic heterocycles. The number of furan rings is 1. The summed E-state index contributed by atoms with van der Waals surface area (Å²) in [4.78, 5) is 29.4. The average molecular weight is 562 g/mol. The van der Waals surface area contributed by atoms with Gasteiger partial charge in [-0.1, -0.05) is 24.3 Å². The number of ether oxygens (including phenoxy) is 1. The Kier molecular flexibility index (Phi) is 7.19. The molecule has 5 rings (SSSR count). The molecular weight excluding hydrogens is 534 g/mol. The van der Waals surface area contributed by atoms with Gasteiger partial charge >= 0.3 is 0 Å². The molecule has 0 atom stereocenters. The van der Waals surface area contributed by atoms with Gasteiger partial charge in [0.05, 0.1) is 4.47 Å². The summed E-state index contributed by atoms with van der Waals surface area (Å²) in [5.74, 6) is 0.749. The molecule has 3 aromatic carbocycles. The van der Waals surface area contributed by atoms with Gasteiger partial charge in [0.25, 0.3) is 11.8 Å². The number of hydrogen-bond donors (Lipinski definition) is 1. The largest absolute Gasteiger partial charge is 0.482 e. The van der Waals surface area contributed by atoms with Gasteiger partial charge in [0.1, 0.15) is 11.3 Å². The molecule has 1 aliphatic rings. The highest BCUT2D eigenvalue weighted by molar-refractivity contribution is 9.10. The Morgan fingerprint density at radius 1 is 0.973 bits per heavy atom. The van der Waals surface area contributed by atoms with Crippen molar-refractivity contribution in [1.29, 1.82) is 0 Å². The molecule has 1 aliphatic heterocycles. The summed E-state index contributed by atoms with van der Waals surface area (Å²) in [5.41, 5.74) is 4.57. The van der Waals surface area contributed by atoms with Crippen LogP contribution in [0.4, 0.5) is 11.4 Å². The molecule has 0 radical (unpaired) electrons. The van der Waals surface area contributed by atoms with E-state index in [4.69, 9.17) is 9.15 Å². The maximum Gasteiger partial charge on any atom is 0.289 e. The lowest BCUT2D eigenvalue weighted by Crippen LogP contribution is -2.48. The fourth-order valence-electron chi connectivity index (χ4n) is 4.59. The number of aryl methyl sites for hydroxylation is 2. The van der Waals surface area contributed by atoms with Crippen LogP contribution >= 0.6 is 15.9 Å². The van der Waals surface area contributed by atoms with E-state index in [2.05, 4.69) is 26.1 Å². The molecule has 0 unspecified atom stereocenters. The Hall–Kier alpha value is -3.78. The highest BCUT2D eigenvalue weighted by atomic mass is 79.9. The number of fused-ring (bicyclic) bond motifs is 1. The van der Waals surface area contributed by atoms with E-state index in [1.54, 1.807) is 0 Å². The summed E-state index contributed by atoms with van der Waals surface area (Å²) in [6, 6.07) is 21.2. The molecule has 2 heterocycles. The number of anilines is 2. The summed E-state index contributed by atoms with van der Waals surface area (Å²) in [6.07, 6.45) is 0. The van der Waals surface area contributed by atoms with Gasteiger partial charge in [-0.3, -0.25) is 9.59 Å². The average Bonchev–Trinajstić information content (AvgIpc) is 3.33. The van der Waals surface area contributed by atoms with Gasteiger partial charge in [-0.05, 0) is 83.4 Å². The molecule has 2 amide bonds. The van der Waals surface area contributed by atoms with Crippen LogP contribution in [0, 0.1) is 13.8 Å². The minimum absolute atomic E-state index is 0.0779. The molecule has 1 fully saturated rings. The number of hydrogen-bond acceptors (Lipinski definition) is 5. The normalized spacial score (nSPS) is 13.6. The number of nitrogens with one attached hydrogen (secondary N) is 1. The third-order valence-electron chi connectivity index (χ3n) is 6.44. The molecule has 8 heteroatoms. The zero-order valence-electron chi connectivity index (χ0n) is 20.8. The van der Waals surface area contributed by atoms with Gasteiger partial charge in [0.15, 0.2) is 12.4 Å². The summed E-state index contributed by atoms with van der Waals surface area (Å²) in [6.45, 7) is 6.55. The third-order valence-corrected chi connectivity index (χ3v) is 7.03. The van der Waals surface area contributed by atoms with Gasteiger partial charge in [-0.25, -0.2) is 0 Å². The minimum Gasteiger partial charge on any atom is -0.482 e. The van der Waals surface area contributed by atoms with Crippen molar-refractivity contribution in [2.75, 3.05) is 43.0 Å². The van der Waals surface area contributed by atoms with Gasteiger partial charge in [0.2, 0.25) is 0 Å². The SMILES string of the molecule is Cc1cc(C)c(OCC(=O)Nc2ccc(N3CCN(C(=O)c4cc5ccccc5o4)CC3)cc2)c(Br)c1. The molecule has 0 aliphatic carbocycles. The molecule has 0 spiro atoms. The van der Waals surface area contributed by atoms with Crippen LogP contribution in [0.25, 0.3) is 11.0 Å². The van der Waals surface area contributed by atoms with E-state index in [-0.39, 0.29) is 18.4 Å². The Bertz CT molecular complexity index is 1380. The van der Waals surface area contributed by atoms with Crippen LogP contribution in [-0.2, 0) is 4.79 Å². The summed E-state index contributed by atoms with van der Waals surface area (Å²) >= 11 is 3.50. The van der Waals surface area contributed by atoms with Crippen molar-refractivity contribution >= 4 is 50.1 Å². The molecule has 1 N–H and O–H groups in total. The molecule has 37 heavy (non-hydrogen) atoms. The van der Waals surface area contributed by atoms with Gasteiger partial charge < -0.3 is 24.3 Å². The number of para-hydroxylation sites is 1. The van der Waals surface area contributed by atoms with Crippen molar-refractivity contribution in [2.24, 2.45) is 0 Å². The summed E-state index contributed by atoms with van der Waals surface area (Å²) in [7, 11) is 0. The first-order valence-electron chi connectivity index (χ1n) is 12.2. The van der Waals surface area contributed by atoms with E-state index < -0.39 is 0 Å². The van der Waals surface area contributed by atoms with Crippen molar-refractivity contribution in [1.82, 2.24) is 4.90 Å². The van der Waals surface area contributed by atoms with Crippen molar-refractivity contribution in [3.8, 4) is 5.75 Å². The van der Waals surface area contributed by atoms with E-state index in [0.717, 1.165) is 45.3 Å². The van der Waals surface area contributed by atoms with E-state index in [9.17, 15) is 9.59 Å². The highest BCUT2D eigenvalue weighted by Crippen LogP contribution is 2.30. The summed E-state index contributed by atoms with van der Waals surface area (Å²) in [5, 5.41) is 3.81. The van der Waals surface area contributed by atoms with Crippen LogP contribution < -0.4 is 15.0 Å². The maximum atomic E-state index is 12.9. The number of rotatable bonds is 6. The zero-order valence-corrected chi connectivity index (χ0v) is 22.4. The zero-order chi connectivity index (χ0) is 25.9. The van der Waals surface area contributed by atoms with Crippen LogP contribution in [0.1, 0.15) is 21.7 Å². The number of piperazine rings is 1. The first-order chi connectivity index (χ1) is 17.9. The highest BCUT2D eigenvalue weighted by Gasteiger charge is 2.24. The van der Waals surface area contributed by atoms with E-state index in [1.807, 2.05) is 85.5 Å². The van der Waals surface area contributed by atoms with Gasteiger partial charge in [-0.2, -0.15) is 0 Å². The lowest BCUT2D eigenvalue weighted by Gasteiger charge is -2.35. The van der Waals surface area contributed by atoms with Crippen molar-refractivity contribution in [3.63, 3.8) is 0 Å². The number of carbonyl (C=O) groups is 2. The van der Waals surface area contributed by atoms with E-state index in [1.165, 1.54) is 0 Å². The third kappa shape index (κ3) is 5.64. The smallest absolute Gasteiger partial charge is 0.289 e. The first-order valence-corrected chi connectivity index (χ1v) is 13.0. The van der Waals surface area contributed by atoms with Crippen LogP contribution in [-0.4, -0.2) is 49.5 Å². The Labute approximate surface area is 224 Å². The van der Waals surface area contributed by atoms with Crippen molar-refractivity contribution in [3.05, 3.63) is 88.1 Å². The maximum absolute atomic E-state index is 12.9. The number of halogens is 1. The second-order valence-corrected chi connectivity index (χ2v) is 10.1. The molecule has 4 aromatic rings. The van der Waals surface area contributed by atoms with Crippen molar-refractivity contribution in [2.45, 2.75) is 13.8 Å². The standard InChI is InChI=1S/C29H28BrN3O4/c1-19-15-20(2)28(24(30)16-19)36-18-27(34)31-22-7-9-23(10-8-22)32-11-13-33(14-12-32)29(35)26-17-21-5-3-4-6-25(21)37-26/h3-10,15-17H,11-14,18H2,1-2H3,(H,31,34). The topological polar surface area (TPSA) is 75.0 Å². The minimum atomic E-state index is -0.225. The predicted molar refractivity (Wildman–Crippen MR) is 149 cm³/mol. The van der Waals surface area contributed by atoms with Crippen molar-refractivity contribution < 1.29 is 18.7 Å². The second-order valence-electron chi connectivity index (χ2n) is 9.20. The number of carbonyl (C=O) groups excluding carboxylic acids is 2.